The normalized spacial score (nSPS) is 9.52. The molecule has 0 saturated carbocycles. The van der Waals surface area contributed by atoms with Crippen LogP contribution in [-0.4, -0.2) is 37.1 Å². The second-order valence-corrected chi connectivity index (χ2v) is 6.65. The summed E-state index contributed by atoms with van der Waals surface area (Å²) in [7, 11) is 0. The van der Waals surface area contributed by atoms with Gasteiger partial charge in [-0.2, -0.15) is 0 Å². The van der Waals surface area contributed by atoms with Gasteiger partial charge in [0.05, 0.1) is 36.3 Å². The van der Waals surface area contributed by atoms with Crippen LogP contribution in [0.5, 0.6) is 0 Å². The Kier molecular flexibility index (Phi) is 15.0. The number of benzene rings is 2. The van der Waals surface area contributed by atoms with Crippen LogP contribution < -0.4 is 10.2 Å². The topological polar surface area (TPSA) is 133 Å². The molecular formula is C24H26O8Zn. The van der Waals surface area contributed by atoms with Crippen LogP contribution in [0.1, 0.15) is 81.0 Å². The fourth-order valence-corrected chi connectivity index (χ4v) is 2.45. The van der Waals surface area contributed by atoms with Gasteiger partial charge in [0.25, 0.3) is 0 Å². The Bertz CT molecular complexity index is 851. The number of ether oxygens (including phenoxy) is 2. The number of unbranched alkanes of at least 4 members (excludes halogenated alkanes) is 2. The minimum Gasteiger partial charge on any atom is -0.545 e. The number of carbonyl (C=O) groups excluding carboxylic acids is 4. The van der Waals surface area contributed by atoms with Gasteiger partial charge in [-0.1, -0.05) is 63.1 Å². The van der Waals surface area contributed by atoms with E-state index in [-0.39, 0.29) is 41.7 Å². The molecule has 0 spiro atoms. The summed E-state index contributed by atoms with van der Waals surface area (Å²) in [4.78, 5) is 44.5. The van der Waals surface area contributed by atoms with Crippen LogP contribution in [0.3, 0.4) is 0 Å². The molecule has 2 rings (SSSR count). The molecule has 0 atom stereocenters. The standard InChI is InChI=1S/2C12H14O4.Zn/c2*1-2-3-8-16-12(15)10-7-5-4-6-9(10)11(13)14;/h2*4-7H,2-3,8H2,1H3,(H,13,14);/q;;+2/p-2. The van der Waals surface area contributed by atoms with Crippen molar-refractivity contribution in [2.45, 2.75) is 39.5 Å². The molecule has 33 heavy (non-hydrogen) atoms. The number of hydrogen-bond acceptors (Lipinski definition) is 8. The van der Waals surface area contributed by atoms with E-state index in [0.717, 1.165) is 25.7 Å². The van der Waals surface area contributed by atoms with Crippen molar-refractivity contribution in [3.05, 3.63) is 70.8 Å². The van der Waals surface area contributed by atoms with Gasteiger partial charge >= 0.3 is 31.4 Å². The minimum absolute atomic E-state index is 0. The average molecular weight is 508 g/mol. The third kappa shape index (κ3) is 10.4. The molecular weight excluding hydrogens is 482 g/mol. The van der Waals surface area contributed by atoms with Crippen molar-refractivity contribution in [1.29, 1.82) is 0 Å². The first-order valence-corrected chi connectivity index (χ1v) is 10.3. The zero-order chi connectivity index (χ0) is 23.9. The Labute approximate surface area is 205 Å². The summed E-state index contributed by atoms with van der Waals surface area (Å²) in [5.74, 6) is -3.98. The van der Waals surface area contributed by atoms with Crippen molar-refractivity contribution in [2.24, 2.45) is 0 Å². The monoisotopic (exact) mass is 506 g/mol. The molecule has 9 heteroatoms. The van der Waals surface area contributed by atoms with E-state index in [1.165, 1.54) is 36.4 Å². The molecule has 0 radical (unpaired) electrons. The Morgan fingerprint density at radius 2 is 0.939 bits per heavy atom. The molecule has 8 nitrogen and oxygen atoms in total. The first-order chi connectivity index (χ1) is 15.3. The van der Waals surface area contributed by atoms with Crippen molar-refractivity contribution in [1.82, 2.24) is 0 Å². The first-order valence-electron chi connectivity index (χ1n) is 10.3. The van der Waals surface area contributed by atoms with Crippen LogP contribution in [0.15, 0.2) is 48.5 Å². The van der Waals surface area contributed by atoms with Crippen molar-refractivity contribution >= 4 is 23.9 Å². The second-order valence-electron chi connectivity index (χ2n) is 6.65. The van der Waals surface area contributed by atoms with E-state index in [9.17, 15) is 29.4 Å². The third-order valence-electron chi connectivity index (χ3n) is 4.20. The maximum Gasteiger partial charge on any atom is 2.00 e. The van der Waals surface area contributed by atoms with Gasteiger partial charge in [0.15, 0.2) is 0 Å². The number of hydrogen-bond donors (Lipinski definition) is 0. The summed E-state index contributed by atoms with van der Waals surface area (Å²) in [5.41, 5.74) is -0.190. The molecule has 0 aliphatic heterocycles. The van der Waals surface area contributed by atoms with Gasteiger partial charge in [-0.05, 0) is 25.0 Å². The number of carboxylic acid groups (broad SMARTS) is 2. The van der Waals surface area contributed by atoms with E-state index >= 15 is 0 Å². The largest absolute Gasteiger partial charge is 2.00 e. The van der Waals surface area contributed by atoms with Gasteiger partial charge in [0.2, 0.25) is 0 Å². The van der Waals surface area contributed by atoms with Crippen LogP contribution in [0.4, 0.5) is 0 Å². The number of carboxylic acids is 2. The number of carbonyl (C=O) groups is 4. The van der Waals surface area contributed by atoms with Crippen molar-refractivity contribution in [3.63, 3.8) is 0 Å². The fraction of sp³-hybridized carbons (Fsp3) is 0.333. The predicted molar refractivity (Wildman–Crippen MR) is 112 cm³/mol. The summed E-state index contributed by atoms with van der Waals surface area (Å²) in [6.45, 7) is 4.55. The molecule has 0 heterocycles. The van der Waals surface area contributed by atoms with Crippen molar-refractivity contribution in [3.8, 4) is 0 Å². The molecule has 0 saturated heterocycles. The van der Waals surface area contributed by atoms with Crippen molar-refractivity contribution in [2.75, 3.05) is 13.2 Å². The van der Waals surface area contributed by atoms with Gasteiger partial charge in [-0.3, -0.25) is 0 Å². The van der Waals surface area contributed by atoms with Gasteiger partial charge < -0.3 is 29.3 Å². The summed E-state index contributed by atoms with van der Waals surface area (Å²) in [5, 5.41) is 21.5. The zero-order valence-corrected chi connectivity index (χ0v) is 21.8. The van der Waals surface area contributed by atoms with Crippen molar-refractivity contribution < 1.29 is 58.3 Å². The molecule has 2 aromatic rings. The summed E-state index contributed by atoms with van der Waals surface area (Å²) < 4.78 is 9.86. The van der Waals surface area contributed by atoms with Crippen LogP contribution in [0.2, 0.25) is 0 Å². The maximum atomic E-state index is 11.5. The van der Waals surface area contributed by atoms with Gasteiger partial charge in [-0.15, -0.1) is 0 Å². The first kappa shape index (κ1) is 29.9. The zero-order valence-electron chi connectivity index (χ0n) is 18.8. The average Bonchev–Trinajstić information content (AvgIpc) is 2.79. The Balaban J connectivity index is 0.000000602. The van der Waals surface area contributed by atoms with E-state index in [1.54, 1.807) is 12.1 Å². The van der Waals surface area contributed by atoms with Crippen LogP contribution in [0.25, 0.3) is 0 Å². The summed E-state index contributed by atoms with van der Waals surface area (Å²) in [6.07, 6.45) is 3.35. The van der Waals surface area contributed by atoms with E-state index < -0.39 is 23.9 Å². The van der Waals surface area contributed by atoms with E-state index in [4.69, 9.17) is 9.47 Å². The van der Waals surface area contributed by atoms with E-state index in [0.29, 0.717) is 13.2 Å². The molecule has 0 aliphatic carbocycles. The molecule has 0 bridgehead atoms. The van der Waals surface area contributed by atoms with Gasteiger partial charge in [0, 0.05) is 11.1 Å². The Hall–Kier alpha value is -3.06. The molecule has 0 aromatic heterocycles. The van der Waals surface area contributed by atoms with Gasteiger partial charge in [0.1, 0.15) is 0 Å². The summed E-state index contributed by atoms with van der Waals surface area (Å²) in [6, 6.07) is 11.7. The van der Waals surface area contributed by atoms with Gasteiger partial charge in [-0.25, -0.2) is 9.59 Å². The second kappa shape index (κ2) is 16.6. The third-order valence-corrected chi connectivity index (χ3v) is 4.20. The maximum absolute atomic E-state index is 11.5. The van der Waals surface area contributed by atoms with E-state index in [1.807, 2.05) is 13.8 Å². The van der Waals surface area contributed by atoms with Crippen LogP contribution in [-0.2, 0) is 29.0 Å². The number of esters is 2. The van der Waals surface area contributed by atoms with E-state index in [2.05, 4.69) is 0 Å². The quantitative estimate of drug-likeness (QED) is 0.271. The fourth-order valence-electron chi connectivity index (χ4n) is 2.45. The Morgan fingerprint density at radius 3 is 1.21 bits per heavy atom. The number of rotatable bonds is 10. The molecule has 2 aromatic carbocycles. The molecule has 0 unspecified atom stereocenters. The predicted octanol–water partition coefficient (Wildman–Crippen LogP) is 2.01. The molecule has 172 valence electrons. The number of aromatic carboxylic acids is 2. The molecule has 0 N–H and O–H groups in total. The van der Waals surface area contributed by atoms with Crippen LogP contribution >= 0.6 is 0 Å². The molecule has 0 aliphatic rings. The smallest absolute Gasteiger partial charge is 0.545 e. The minimum atomic E-state index is -1.37. The molecule has 0 amide bonds. The Morgan fingerprint density at radius 1 is 0.636 bits per heavy atom. The molecule has 0 fully saturated rings. The summed E-state index contributed by atoms with van der Waals surface area (Å²) >= 11 is 0. The SMILES string of the molecule is CCCCOC(=O)c1ccccc1C(=O)[O-].CCCCOC(=O)c1ccccc1C(=O)[O-].[Zn+2]. The van der Waals surface area contributed by atoms with Crippen LogP contribution in [0, 0.1) is 0 Å².